The summed E-state index contributed by atoms with van der Waals surface area (Å²) in [7, 11) is -2.14. The van der Waals surface area contributed by atoms with E-state index in [9.17, 15) is 8.42 Å². The number of anilines is 1. The smallest absolute Gasteiger partial charge is 0.261 e. The number of hydrogen-bond acceptors (Lipinski definition) is 4. The Labute approximate surface area is 122 Å². The zero-order valence-corrected chi connectivity index (χ0v) is 12.5. The van der Waals surface area contributed by atoms with Crippen molar-refractivity contribution < 1.29 is 13.2 Å². The second-order valence-electron chi connectivity index (χ2n) is 4.11. The molecule has 0 amide bonds. The number of rotatable bonds is 4. The highest BCUT2D eigenvalue weighted by molar-refractivity contribution is 7.92. The molecule has 0 aliphatic heterocycles. The van der Waals surface area contributed by atoms with E-state index in [4.69, 9.17) is 16.3 Å². The zero-order valence-electron chi connectivity index (χ0n) is 10.9. The van der Waals surface area contributed by atoms with Gasteiger partial charge in [-0.05, 0) is 42.8 Å². The number of aromatic nitrogens is 1. The van der Waals surface area contributed by atoms with Gasteiger partial charge >= 0.3 is 0 Å². The summed E-state index contributed by atoms with van der Waals surface area (Å²) in [6.07, 6.45) is 1.37. The molecule has 0 unspecified atom stereocenters. The quantitative estimate of drug-likeness (QED) is 0.881. The van der Waals surface area contributed by atoms with Crippen LogP contribution in [0.25, 0.3) is 0 Å². The molecule has 7 heteroatoms. The molecule has 1 heterocycles. The molecule has 5 nitrogen and oxygen atoms in total. The Kier molecular flexibility index (Phi) is 4.15. The summed E-state index contributed by atoms with van der Waals surface area (Å²) in [4.78, 5) is 4.05. The van der Waals surface area contributed by atoms with Crippen molar-refractivity contribution in [2.45, 2.75) is 11.8 Å². The lowest BCUT2D eigenvalue weighted by Crippen LogP contribution is -2.13. The molecule has 0 fully saturated rings. The van der Waals surface area contributed by atoms with Gasteiger partial charge in [0.15, 0.2) is 0 Å². The number of aryl methyl sites for hydroxylation is 1. The van der Waals surface area contributed by atoms with Gasteiger partial charge in [-0.25, -0.2) is 13.4 Å². The van der Waals surface area contributed by atoms with E-state index >= 15 is 0 Å². The van der Waals surface area contributed by atoms with Crippen molar-refractivity contribution in [3.05, 3.63) is 47.2 Å². The molecular weight excluding hydrogens is 300 g/mol. The fourth-order valence-electron chi connectivity index (χ4n) is 1.58. The summed E-state index contributed by atoms with van der Waals surface area (Å²) in [5.41, 5.74) is 1.06. The highest BCUT2D eigenvalue weighted by atomic mass is 35.5. The fourth-order valence-corrected chi connectivity index (χ4v) is 2.72. The Morgan fingerprint density at radius 2 is 1.90 bits per heavy atom. The molecule has 2 rings (SSSR count). The van der Waals surface area contributed by atoms with Crippen LogP contribution in [-0.2, 0) is 10.0 Å². The summed E-state index contributed by atoms with van der Waals surface area (Å²) in [6.45, 7) is 1.75. The van der Waals surface area contributed by atoms with Crippen molar-refractivity contribution >= 4 is 27.3 Å². The average molecular weight is 313 g/mol. The number of halogens is 1. The Balaban J connectivity index is 2.27. The SMILES string of the molecule is COc1ccc(S(=O)(=O)Nc2cnc(Cl)c(C)c2)cc1. The van der Waals surface area contributed by atoms with Crippen molar-refractivity contribution in [2.24, 2.45) is 0 Å². The number of sulfonamides is 1. The molecule has 1 aromatic heterocycles. The number of methoxy groups -OCH3 is 1. The summed E-state index contributed by atoms with van der Waals surface area (Å²) >= 11 is 5.80. The molecular formula is C13H13ClN2O3S. The third-order valence-electron chi connectivity index (χ3n) is 2.64. The second kappa shape index (κ2) is 5.68. The van der Waals surface area contributed by atoms with Crippen LogP contribution < -0.4 is 9.46 Å². The predicted molar refractivity (Wildman–Crippen MR) is 77.8 cm³/mol. The van der Waals surface area contributed by atoms with E-state index in [1.807, 2.05) is 0 Å². The lowest BCUT2D eigenvalue weighted by molar-refractivity contribution is 0.414. The highest BCUT2D eigenvalue weighted by Crippen LogP contribution is 2.21. The van der Waals surface area contributed by atoms with Crippen LogP contribution in [-0.4, -0.2) is 20.5 Å². The van der Waals surface area contributed by atoms with Gasteiger partial charge in [0.25, 0.3) is 10.0 Å². The number of pyridine rings is 1. The van der Waals surface area contributed by atoms with Gasteiger partial charge < -0.3 is 4.74 Å². The summed E-state index contributed by atoms with van der Waals surface area (Å²) < 4.78 is 31.8. The Hall–Kier alpha value is -1.79. The van der Waals surface area contributed by atoms with E-state index in [1.54, 1.807) is 25.1 Å². The van der Waals surface area contributed by atoms with Gasteiger partial charge in [-0.15, -0.1) is 0 Å². The standard InChI is InChI=1S/C13H13ClN2O3S/c1-9-7-10(8-15-13(9)14)16-20(17,18)12-5-3-11(19-2)4-6-12/h3-8,16H,1-2H3. The van der Waals surface area contributed by atoms with E-state index in [0.717, 1.165) is 0 Å². The van der Waals surface area contributed by atoms with E-state index in [0.29, 0.717) is 22.2 Å². The van der Waals surface area contributed by atoms with Crippen LogP contribution in [0, 0.1) is 6.92 Å². The molecule has 0 saturated heterocycles. The third kappa shape index (κ3) is 3.20. The highest BCUT2D eigenvalue weighted by Gasteiger charge is 2.14. The Morgan fingerprint density at radius 3 is 2.45 bits per heavy atom. The van der Waals surface area contributed by atoms with Crippen molar-refractivity contribution in [3.8, 4) is 5.75 Å². The largest absolute Gasteiger partial charge is 0.497 e. The van der Waals surface area contributed by atoms with E-state index in [1.165, 1.54) is 25.4 Å². The van der Waals surface area contributed by atoms with Crippen LogP contribution in [0.15, 0.2) is 41.4 Å². The van der Waals surface area contributed by atoms with Gasteiger partial charge in [0, 0.05) is 0 Å². The maximum absolute atomic E-state index is 12.2. The molecule has 20 heavy (non-hydrogen) atoms. The van der Waals surface area contributed by atoms with E-state index in [2.05, 4.69) is 9.71 Å². The minimum atomic E-state index is -3.66. The van der Waals surface area contributed by atoms with Crippen LogP contribution in [0.3, 0.4) is 0 Å². The van der Waals surface area contributed by atoms with E-state index in [-0.39, 0.29) is 4.90 Å². The van der Waals surface area contributed by atoms with Crippen molar-refractivity contribution in [2.75, 3.05) is 11.8 Å². The Morgan fingerprint density at radius 1 is 1.25 bits per heavy atom. The number of hydrogen-bond donors (Lipinski definition) is 1. The molecule has 0 aliphatic rings. The number of ether oxygens (including phenoxy) is 1. The first kappa shape index (κ1) is 14.6. The minimum absolute atomic E-state index is 0.144. The normalized spacial score (nSPS) is 11.2. The lowest BCUT2D eigenvalue weighted by Gasteiger charge is -2.09. The number of nitrogens with zero attached hydrogens (tertiary/aromatic N) is 1. The van der Waals surface area contributed by atoms with Crippen LogP contribution in [0.2, 0.25) is 5.15 Å². The molecule has 2 aromatic rings. The first-order valence-electron chi connectivity index (χ1n) is 5.71. The van der Waals surface area contributed by atoms with Crippen molar-refractivity contribution in [1.29, 1.82) is 0 Å². The lowest BCUT2D eigenvalue weighted by atomic mass is 10.3. The molecule has 0 atom stereocenters. The van der Waals surface area contributed by atoms with Crippen molar-refractivity contribution in [1.82, 2.24) is 4.98 Å². The second-order valence-corrected chi connectivity index (χ2v) is 6.15. The number of nitrogens with one attached hydrogen (secondary N) is 1. The first-order chi connectivity index (χ1) is 9.42. The number of benzene rings is 1. The van der Waals surface area contributed by atoms with Gasteiger partial charge in [-0.3, -0.25) is 4.72 Å². The third-order valence-corrected chi connectivity index (χ3v) is 4.43. The monoisotopic (exact) mass is 312 g/mol. The van der Waals surface area contributed by atoms with Gasteiger partial charge in [-0.1, -0.05) is 11.6 Å². The maximum atomic E-state index is 12.2. The molecule has 0 saturated carbocycles. The molecule has 1 N–H and O–H groups in total. The van der Waals surface area contributed by atoms with E-state index < -0.39 is 10.0 Å². The van der Waals surface area contributed by atoms with Crippen LogP contribution in [0.5, 0.6) is 5.75 Å². The van der Waals surface area contributed by atoms with Crippen LogP contribution >= 0.6 is 11.6 Å². The van der Waals surface area contributed by atoms with Gasteiger partial charge in [-0.2, -0.15) is 0 Å². The zero-order chi connectivity index (χ0) is 14.8. The van der Waals surface area contributed by atoms with Crippen LogP contribution in [0.4, 0.5) is 5.69 Å². The molecule has 0 spiro atoms. The summed E-state index contributed by atoms with van der Waals surface area (Å²) in [5.74, 6) is 0.591. The van der Waals surface area contributed by atoms with Gasteiger partial charge in [0.1, 0.15) is 10.9 Å². The minimum Gasteiger partial charge on any atom is -0.497 e. The average Bonchev–Trinajstić information content (AvgIpc) is 2.43. The molecule has 106 valence electrons. The molecule has 1 aromatic carbocycles. The summed E-state index contributed by atoms with van der Waals surface area (Å²) in [5, 5.41) is 0.345. The molecule has 0 aliphatic carbocycles. The molecule has 0 radical (unpaired) electrons. The maximum Gasteiger partial charge on any atom is 0.261 e. The van der Waals surface area contributed by atoms with Crippen LogP contribution in [0.1, 0.15) is 5.56 Å². The molecule has 0 bridgehead atoms. The summed E-state index contributed by atoms with van der Waals surface area (Å²) in [6, 6.07) is 7.73. The van der Waals surface area contributed by atoms with Crippen molar-refractivity contribution in [3.63, 3.8) is 0 Å². The fraction of sp³-hybridized carbons (Fsp3) is 0.154. The van der Waals surface area contributed by atoms with Gasteiger partial charge in [0.2, 0.25) is 0 Å². The Bertz CT molecular complexity index is 715. The van der Waals surface area contributed by atoms with Gasteiger partial charge in [0.05, 0.1) is 23.9 Å². The predicted octanol–water partition coefficient (Wildman–Crippen LogP) is 2.85. The first-order valence-corrected chi connectivity index (χ1v) is 7.57. The topological polar surface area (TPSA) is 68.3 Å².